The van der Waals surface area contributed by atoms with Gasteiger partial charge >= 0.3 is 0 Å². The quantitative estimate of drug-likeness (QED) is 0.581. The molecule has 1 aliphatic carbocycles. The third-order valence-corrected chi connectivity index (χ3v) is 9.89. The van der Waals surface area contributed by atoms with Crippen LogP contribution in [-0.2, 0) is 37.5 Å². The molecule has 9 heteroatoms. The topological polar surface area (TPSA) is 101 Å². The fraction of sp³-hybridized carbons (Fsp3) is 0.320. The minimum absolute atomic E-state index is 0.0516. The Balaban J connectivity index is 1.27. The van der Waals surface area contributed by atoms with Crippen molar-refractivity contribution in [1.29, 1.82) is 0 Å². The van der Waals surface area contributed by atoms with Gasteiger partial charge in [-0.2, -0.15) is 4.31 Å². The van der Waals surface area contributed by atoms with Gasteiger partial charge in [0.25, 0.3) is 0 Å². The van der Waals surface area contributed by atoms with Crippen LogP contribution in [0.5, 0.6) is 0 Å². The molecule has 0 radical (unpaired) electrons. The fourth-order valence-corrected chi connectivity index (χ4v) is 7.06. The van der Waals surface area contributed by atoms with Crippen LogP contribution < -0.4 is 5.32 Å². The first-order chi connectivity index (χ1) is 16.1. The van der Waals surface area contributed by atoms with Crippen molar-refractivity contribution in [2.24, 2.45) is 5.92 Å². The number of sulfone groups is 1. The first-order valence-electron chi connectivity index (χ1n) is 11.3. The van der Waals surface area contributed by atoms with Gasteiger partial charge in [-0.05, 0) is 72.5 Å². The number of nitrogens with one attached hydrogen (secondary N) is 1. The van der Waals surface area contributed by atoms with Crippen molar-refractivity contribution in [2.45, 2.75) is 35.5 Å². The second-order valence-electron chi connectivity index (χ2n) is 9.02. The molecule has 1 heterocycles. The van der Waals surface area contributed by atoms with Gasteiger partial charge in [-0.25, -0.2) is 16.8 Å². The summed E-state index contributed by atoms with van der Waals surface area (Å²) in [5.41, 5.74) is 3.42. The Morgan fingerprint density at radius 3 is 2.12 bits per heavy atom. The summed E-state index contributed by atoms with van der Waals surface area (Å²) >= 11 is 0. The molecule has 1 aliphatic heterocycles. The van der Waals surface area contributed by atoms with E-state index in [4.69, 9.17) is 0 Å². The SMILES string of the molecule is CS(=O)(=O)c1ccc(S(=O)(=O)N2CCC(C(=O)Nc3ccc4c5c(cccc35)CC4)CC2)cc1. The lowest BCUT2D eigenvalue weighted by Crippen LogP contribution is -2.41. The number of amides is 1. The van der Waals surface area contributed by atoms with E-state index in [1.807, 2.05) is 18.2 Å². The lowest BCUT2D eigenvalue weighted by atomic mass is 9.96. The Morgan fingerprint density at radius 1 is 0.853 bits per heavy atom. The molecule has 5 rings (SSSR count). The molecule has 0 unspecified atom stereocenters. The molecule has 1 saturated heterocycles. The number of piperidine rings is 1. The molecule has 3 aromatic rings. The highest BCUT2D eigenvalue weighted by Crippen LogP contribution is 2.35. The molecular weight excluding hydrogens is 472 g/mol. The molecule has 1 N–H and O–H groups in total. The summed E-state index contributed by atoms with van der Waals surface area (Å²) in [7, 11) is -7.16. The smallest absolute Gasteiger partial charge is 0.243 e. The van der Waals surface area contributed by atoms with Gasteiger partial charge in [0.15, 0.2) is 9.84 Å². The van der Waals surface area contributed by atoms with Gasteiger partial charge in [-0.15, -0.1) is 0 Å². The van der Waals surface area contributed by atoms with Crippen LogP contribution in [-0.4, -0.2) is 46.4 Å². The van der Waals surface area contributed by atoms with E-state index in [0.29, 0.717) is 12.8 Å². The number of hydrogen-bond acceptors (Lipinski definition) is 5. The summed E-state index contributed by atoms with van der Waals surface area (Å²) in [4.78, 5) is 13.1. The van der Waals surface area contributed by atoms with Crippen LogP contribution >= 0.6 is 0 Å². The molecule has 2 aliphatic rings. The van der Waals surface area contributed by atoms with Crippen molar-refractivity contribution in [3.05, 3.63) is 65.7 Å². The van der Waals surface area contributed by atoms with E-state index in [-0.39, 0.29) is 34.7 Å². The summed E-state index contributed by atoms with van der Waals surface area (Å²) in [6.07, 6.45) is 3.97. The largest absolute Gasteiger partial charge is 0.325 e. The predicted octanol–water partition coefficient (Wildman–Crippen LogP) is 3.38. The van der Waals surface area contributed by atoms with Crippen molar-refractivity contribution in [3.8, 4) is 0 Å². The first kappa shape index (κ1) is 23.0. The Labute approximate surface area is 199 Å². The van der Waals surface area contributed by atoms with E-state index in [1.54, 1.807) is 0 Å². The fourth-order valence-electron chi connectivity index (χ4n) is 4.96. The van der Waals surface area contributed by atoms with Crippen molar-refractivity contribution in [3.63, 3.8) is 0 Å². The maximum Gasteiger partial charge on any atom is 0.243 e. The zero-order valence-corrected chi connectivity index (χ0v) is 20.5. The van der Waals surface area contributed by atoms with Gasteiger partial charge in [0.2, 0.25) is 15.9 Å². The summed E-state index contributed by atoms with van der Waals surface area (Å²) in [5.74, 6) is -0.365. The van der Waals surface area contributed by atoms with Crippen molar-refractivity contribution >= 4 is 42.2 Å². The summed E-state index contributed by atoms with van der Waals surface area (Å²) in [5, 5.41) is 5.37. The van der Waals surface area contributed by atoms with Gasteiger partial charge < -0.3 is 5.32 Å². The number of benzene rings is 3. The van der Waals surface area contributed by atoms with Crippen LogP contribution in [0.15, 0.2) is 64.4 Å². The average molecular weight is 499 g/mol. The van der Waals surface area contributed by atoms with Crippen molar-refractivity contribution < 1.29 is 21.6 Å². The second kappa shape index (κ2) is 8.48. The van der Waals surface area contributed by atoms with Crippen LogP contribution in [0.4, 0.5) is 5.69 Å². The van der Waals surface area contributed by atoms with Gasteiger partial charge in [0.05, 0.1) is 9.79 Å². The van der Waals surface area contributed by atoms with E-state index in [1.165, 1.54) is 45.1 Å². The maximum absolute atomic E-state index is 13.0. The van der Waals surface area contributed by atoms with E-state index in [0.717, 1.165) is 30.2 Å². The molecule has 0 saturated carbocycles. The molecular formula is C25H26N2O5S2. The van der Waals surface area contributed by atoms with Gasteiger partial charge in [0.1, 0.15) is 0 Å². The monoisotopic (exact) mass is 498 g/mol. The molecule has 0 aromatic heterocycles. The molecule has 178 valence electrons. The van der Waals surface area contributed by atoms with Crippen LogP contribution in [0.2, 0.25) is 0 Å². The third-order valence-electron chi connectivity index (χ3n) is 6.85. The summed E-state index contributed by atoms with van der Waals surface area (Å²) in [6.45, 7) is 0.468. The Morgan fingerprint density at radius 2 is 1.47 bits per heavy atom. The standard InChI is InChI=1S/C25H26N2O5S2/c1-33(29,30)20-8-10-21(11-9-20)34(31,32)27-15-13-19(14-16-27)25(28)26-23-12-7-18-6-5-17-3-2-4-22(23)24(17)18/h2-4,7-12,19H,5-6,13-16H2,1H3,(H,26,28). The Kier molecular flexibility index (Phi) is 5.74. The van der Waals surface area contributed by atoms with Crippen LogP contribution in [0, 0.1) is 5.92 Å². The Bertz CT molecular complexity index is 1480. The van der Waals surface area contributed by atoms with Gasteiger partial charge in [-0.3, -0.25) is 4.79 Å². The van der Waals surface area contributed by atoms with Crippen LogP contribution in [0.1, 0.15) is 24.0 Å². The first-order valence-corrected chi connectivity index (χ1v) is 14.6. The number of hydrogen-bond donors (Lipinski definition) is 1. The number of nitrogens with zero attached hydrogens (tertiary/aromatic N) is 1. The summed E-state index contributed by atoms with van der Waals surface area (Å²) in [6, 6.07) is 15.5. The number of carbonyl (C=O) groups is 1. The molecule has 0 atom stereocenters. The molecule has 3 aromatic carbocycles. The van der Waals surface area contributed by atoms with Crippen LogP contribution in [0.3, 0.4) is 0 Å². The molecule has 1 fully saturated rings. The lowest BCUT2D eigenvalue weighted by Gasteiger charge is -2.30. The maximum atomic E-state index is 13.0. The lowest BCUT2D eigenvalue weighted by molar-refractivity contribution is -0.120. The molecule has 0 bridgehead atoms. The second-order valence-corrected chi connectivity index (χ2v) is 13.0. The normalized spacial score (nSPS) is 17.2. The number of sulfonamides is 1. The molecule has 34 heavy (non-hydrogen) atoms. The average Bonchev–Trinajstić information content (AvgIpc) is 3.25. The minimum Gasteiger partial charge on any atom is -0.325 e. The van der Waals surface area contributed by atoms with E-state index < -0.39 is 19.9 Å². The van der Waals surface area contributed by atoms with E-state index >= 15 is 0 Å². The number of rotatable bonds is 5. The zero-order valence-electron chi connectivity index (χ0n) is 18.8. The zero-order chi connectivity index (χ0) is 24.1. The van der Waals surface area contributed by atoms with E-state index in [2.05, 4.69) is 17.4 Å². The highest BCUT2D eigenvalue weighted by Gasteiger charge is 2.32. The highest BCUT2D eigenvalue weighted by atomic mass is 32.2. The van der Waals surface area contributed by atoms with Crippen molar-refractivity contribution in [2.75, 3.05) is 24.7 Å². The third kappa shape index (κ3) is 4.12. The van der Waals surface area contributed by atoms with E-state index in [9.17, 15) is 21.6 Å². The predicted molar refractivity (Wildman–Crippen MR) is 131 cm³/mol. The minimum atomic E-state index is -3.76. The molecule has 0 spiro atoms. The van der Waals surface area contributed by atoms with Crippen LogP contribution in [0.25, 0.3) is 10.8 Å². The van der Waals surface area contributed by atoms with Gasteiger partial charge in [-0.1, -0.05) is 24.3 Å². The number of anilines is 1. The van der Waals surface area contributed by atoms with Gasteiger partial charge in [0, 0.05) is 36.3 Å². The number of aryl methyl sites for hydroxylation is 2. The summed E-state index contributed by atoms with van der Waals surface area (Å²) < 4.78 is 50.7. The number of carbonyl (C=O) groups excluding carboxylic acids is 1. The molecule has 7 nitrogen and oxygen atoms in total. The molecule has 1 amide bonds. The van der Waals surface area contributed by atoms with Crippen molar-refractivity contribution in [1.82, 2.24) is 4.31 Å². The Hall–Kier alpha value is -2.75. The highest BCUT2D eigenvalue weighted by molar-refractivity contribution is 7.90.